The van der Waals surface area contributed by atoms with Crippen molar-refractivity contribution in [2.75, 3.05) is 13.2 Å². The molecule has 0 bridgehead atoms. The molecule has 1 saturated heterocycles. The molecule has 148 valence electrons. The number of hydrogen-bond donors (Lipinski definition) is 1. The minimum absolute atomic E-state index is 0.0678. The first-order valence-corrected chi connectivity index (χ1v) is 10.0. The summed E-state index contributed by atoms with van der Waals surface area (Å²) in [5.74, 6) is 0.774. The van der Waals surface area contributed by atoms with E-state index in [1.165, 1.54) is 11.8 Å². The molecule has 2 aromatic carbocycles. The van der Waals surface area contributed by atoms with E-state index in [0.717, 1.165) is 11.1 Å². The third kappa shape index (κ3) is 5.31. The summed E-state index contributed by atoms with van der Waals surface area (Å²) >= 11 is 7.38. The highest BCUT2D eigenvalue weighted by molar-refractivity contribution is 8.18. The monoisotopic (exact) mass is 427 g/mol. The predicted molar refractivity (Wildman–Crippen MR) is 116 cm³/mol. The van der Waals surface area contributed by atoms with Gasteiger partial charge < -0.3 is 14.8 Å². The van der Waals surface area contributed by atoms with Crippen LogP contribution in [0.2, 0.25) is 5.02 Å². The fraction of sp³-hybridized carbons (Fsp3) is 0.190. The smallest absolute Gasteiger partial charge is 0.264 e. The number of nitriles is 1. The summed E-state index contributed by atoms with van der Waals surface area (Å²) in [6, 6.07) is 12.7. The minimum Gasteiger partial charge on any atom is -0.490 e. The van der Waals surface area contributed by atoms with Gasteiger partial charge in [-0.15, -0.1) is 0 Å². The van der Waals surface area contributed by atoms with Crippen LogP contribution in [0.1, 0.15) is 18.1 Å². The molecule has 3 rings (SSSR count). The lowest BCUT2D eigenvalue weighted by molar-refractivity contribution is -0.115. The Labute approximate surface area is 178 Å². The Morgan fingerprint density at radius 3 is 2.79 bits per heavy atom. The summed E-state index contributed by atoms with van der Waals surface area (Å²) in [5.41, 5.74) is 2.41. The number of nitrogens with zero attached hydrogens (tertiary/aromatic N) is 2. The molecule has 6 nitrogen and oxygen atoms in total. The number of rotatable bonds is 6. The van der Waals surface area contributed by atoms with Gasteiger partial charge in [-0.2, -0.15) is 5.26 Å². The van der Waals surface area contributed by atoms with Crippen molar-refractivity contribution in [3.63, 3.8) is 0 Å². The summed E-state index contributed by atoms with van der Waals surface area (Å²) in [6.45, 7) is 4.16. The molecule has 29 heavy (non-hydrogen) atoms. The zero-order valence-electron chi connectivity index (χ0n) is 15.9. The Bertz CT molecular complexity index is 1040. The first kappa shape index (κ1) is 20.8. The van der Waals surface area contributed by atoms with Crippen molar-refractivity contribution >= 4 is 46.2 Å². The topological polar surface area (TPSA) is 83.7 Å². The summed E-state index contributed by atoms with van der Waals surface area (Å²) in [7, 11) is 0. The van der Waals surface area contributed by atoms with E-state index >= 15 is 0 Å². The molecule has 0 aliphatic carbocycles. The van der Waals surface area contributed by atoms with Crippen molar-refractivity contribution in [3.8, 4) is 17.6 Å². The lowest BCUT2D eigenvalue weighted by Crippen LogP contribution is -2.19. The number of nitrogens with one attached hydrogen (secondary N) is 1. The number of aryl methyl sites for hydroxylation is 1. The van der Waals surface area contributed by atoms with E-state index in [1.807, 2.05) is 32.0 Å². The van der Waals surface area contributed by atoms with Gasteiger partial charge in [0.25, 0.3) is 5.91 Å². The number of carbonyl (C=O) groups excluding carboxylic acids is 1. The molecule has 0 saturated carbocycles. The Hall–Kier alpha value is -2.95. The van der Waals surface area contributed by atoms with E-state index in [9.17, 15) is 4.79 Å². The fourth-order valence-corrected chi connectivity index (χ4v) is 3.53. The number of ether oxygens (including phenoxy) is 2. The number of thioether (sulfide) groups is 1. The van der Waals surface area contributed by atoms with E-state index in [-0.39, 0.29) is 12.5 Å². The van der Waals surface area contributed by atoms with Crippen LogP contribution in [-0.2, 0) is 4.79 Å². The third-order valence-corrected chi connectivity index (χ3v) is 5.21. The Morgan fingerprint density at radius 1 is 1.24 bits per heavy atom. The van der Waals surface area contributed by atoms with Crippen molar-refractivity contribution < 1.29 is 14.3 Å². The van der Waals surface area contributed by atoms with Crippen molar-refractivity contribution in [2.45, 2.75) is 13.8 Å². The van der Waals surface area contributed by atoms with Crippen LogP contribution < -0.4 is 14.8 Å². The van der Waals surface area contributed by atoms with Crippen molar-refractivity contribution in [1.82, 2.24) is 5.32 Å². The molecule has 1 aliphatic heterocycles. The summed E-state index contributed by atoms with van der Waals surface area (Å²) in [5, 5.41) is 12.6. The van der Waals surface area contributed by atoms with Gasteiger partial charge in [-0.1, -0.05) is 23.7 Å². The van der Waals surface area contributed by atoms with E-state index in [1.54, 1.807) is 30.3 Å². The molecule has 8 heteroatoms. The van der Waals surface area contributed by atoms with Crippen LogP contribution >= 0.6 is 23.4 Å². The lowest BCUT2D eigenvalue weighted by atomic mass is 10.2. The quantitative estimate of drug-likeness (QED) is 0.667. The van der Waals surface area contributed by atoms with E-state index in [4.69, 9.17) is 26.3 Å². The van der Waals surface area contributed by atoms with Crippen LogP contribution in [0.4, 0.5) is 5.69 Å². The SMILES string of the molecule is CCOc1cc(/C=C2\SC(=Nc3ccc(C)c(Cl)c3)NC2=O)ccc1OCC#N. The summed E-state index contributed by atoms with van der Waals surface area (Å²) in [4.78, 5) is 17.3. The summed E-state index contributed by atoms with van der Waals surface area (Å²) < 4.78 is 10.9. The average molecular weight is 428 g/mol. The number of amidine groups is 1. The maximum atomic E-state index is 12.3. The number of halogens is 1. The maximum absolute atomic E-state index is 12.3. The van der Waals surface area contributed by atoms with Gasteiger partial charge in [0.05, 0.1) is 17.2 Å². The zero-order chi connectivity index (χ0) is 20.8. The summed E-state index contributed by atoms with van der Waals surface area (Å²) in [6.07, 6.45) is 1.75. The second kappa shape index (κ2) is 9.50. The highest BCUT2D eigenvalue weighted by Gasteiger charge is 2.24. The Morgan fingerprint density at radius 2 is 2.07 bits per heavy atom. The number of benzene rings is 2. The number of carbonyl (C=O) groups is 1. The number of aliphatic imine (C=N–C) groups is 1. The second-order valence-electron chi connectivity index (χ2n) is 6.00. The van der Waals surface area contributed by atoms with E-state index in [2.05, 4.69) is 10.3 Å². The highest BCUT2D eigenvalue weighted by Crippen LogP contribution is 2.33. The molecule has 2 aromatic rings. The first-order valence-electron chi connectivity index (χ1n) is 8.82. The highest BCUT2D eigenvalue weighted by atomic mass is 35.5. The van der Waals surface area contributed by atoms with Crippen molar-refractivity contribution in [3.05, 3.63) is 57.5 Å². The van der Waals surface area contributed by atoms with E-state index in [0.29, 0.717) is 38.9 Å². The Balaban J connectivity index is 1.82. The molecule has 0 radical (unpaired) electrons. The lowest BCUT2D eigenvalue weighted by Gasteiger charge is -2.10. The van der Waals surface area contributed by atoms with Crippen molar-refractivity contribution in [1.29, 1.82) is 5.26 Å². The Kier molecular flexibility index (Phi) is 6.81. The van der Waals surface area contributed by atoms with Gasteiger partial charge in [-0.25, -0.2) is 4.99 Å². The molecule has 1 amide bonds. The molecule has 0 atom stereocenters. The van der Waals surface area contributed by atoms with Gasteiger partial charge in [0.2, 0.25) is 0 Å². The molecular formula is C21H18ClN3O3S. The molecule has 0 spiro atoms. The maximum Gasteiger partial charge on any atom is 0.264 e. The minimum atomic E-state index is -0.227. The van der Waals surface area contributed by atoms with Gasteiger partial charge >= 0.3 is 0 Å². The van der Waals surface area contributed by atoms with Crippen molar-refractivity contribution in [2.24, 2.45) is 4.99 Å². The molecule has 0 unspecified atom stereocenters. The number of hydrogen-bond acceptors (Lipinski definition) is 6. The molecule has 1 heterocycles. The molecular weight excluding hydrogens is 410 g/mol. The van der Waals surface area contributed by atoms with Crippen LogP contribution in [0.3, 0.4) is 0 Å². The van der Waals surface area contributed by atoms with Crippen LogP contribution in [0.5, 0.6) is 11.5 Å². The fourth-order valence-electron chi connectivity index (χ4n) is 2.51. The van der Waals surface area contributed by atoms with Gasteiger partial charge in [-0.3, -0.25) is 4.79 Å². The van der Waals surface area contributed by atoms with Gasteiger partial charge in [-0.05, 0) is 67.1 Å². The first-order chi connectivity index (χ1) is 14.0. The van der Waals surface area contributed by atoms with Crippen LogP contribution in [0.25, 0.3) is 6.08 Å². The molecule has 1 N–H and O–H groups in total. The van der Waals surface area contributed by atoms with Gasteiger partial charge in [0, 0.05) is 5.02 Å². The van der Waals surface area contributed by atoms with Gasteiger partial charge in [0.1, 0.15) is 6.07 Å². The van der Waals surface area contributed by atoms with E-state index < -0.39 is 0 Å². The van der Waals surface area contributed by atoms with Gasteiger partial charge in [0.15, 0.2) is 23.3 Å². The number of amides is 1. The second-order valence-corrected chi connectivity index (χ2v) is 7.44. The normalized spacial score (nSPS) is 16.0. The largest absolute Gasteiger partial charge is 0.490 e. The third-order valence-electron chi connectivity index (χ3n) is 3.89. The zero-order valence-corrected chi connectivity index (χ0v) is 17.4. The van der Waals surface area contributed by atoms with Crippen LogP contribution in [-0.4, -0.2) is 24.3 Å². The standard InChI is InChI=1S/C21H18ClN3O3S/c1-3-27-18-10-14(5-7-17(18)28-9-8-23)11-19-20(26)25-21(29-19)24-15-6-4-13(2)16(22)12-15/h4-7,10-12H,3,9H2,1-2H3,(H,24,25,26)/b19-11-. The molecule has 1 aliphatic rings. The molecule has 1 fully saturated rings. The molecule has 0 aromatic heterocycles. The van der Waals surface area contributed by atoms with Crippen LogP contribution in [0, 0.1) is 18.3 Å². The predicted octanol–water partition coefficient (Wildman–Crippen LogP) is 4.84. The average Bonchev–Trinajstić information content (AvgIpc) is 3.03. The van der Waals surface area contributed by atoms with Crippen LogP contribution in [0.15, 0.2) is 46.3 Å².